The van der Waals surface area contributed by atoms with Gasteiger partial charge in [0, 0.05) is 13.7 Å². The molecule has 1 heterocycles. The van der Waals surface area contributed by atoms with E-state index in [4.69, 9.17) is 18.9 Å². The molecular formula is C17H21FN2O6. The van der Waals surface area contributed by atoms with Crippen LogP contribution in [-0.4, -0.2) is 59.8 Å². The molecule has 1 aliphatic heterocycles. The second-order valence-corrected chi connectivity index (χ2v) is 5.27. The van der Waals surface area contributed by atoms with Gasteiger partial charge in [-0.2, -0.15) is 0 Å². The van der Waals surface area contributed by atoms with Crippen molar-refractivity contribution in [3.63, 3.8) is 0 Å². The number of anilines is 2. The lowest BCUT2D eigenvalue weighted by Crippen LogP contribution is -2.39. The van der Waals surface area contributed by atoms with Crippen LogP contribution >= 0.6 is 0 Å². The Kier molecular flexibility index (Phi) is 6.93. The Morgan fingerprint density at radius 2 is 1.96 bits per heavy atom. The van der Waals surface area contributed by atoms with Gasteiger partial charge in [-0.25, -0.2) is 14.0 Å². The van der Waals surface area contributed by atoms with Crippen molar-refractivity contribution < 1.29 is 32.9 Å². The van der Waals surface area contributed by atoms with Crippen molar-refractivity contribution in [2.24, 2.45) is 0 Å². The molecule has 0 fully saturated rings. The van der Waals surface area contributed by atoms with Crippen molar-refractivity contribution in [3.8, 4) is 0 Å². The molecule has 1 aliphatic rings. The molecule has 1 N–H and O–H groups in total. The summed E-state index contributed by atoms with van der Waals surface area (Å²) in [5.74, 6) is -1.99. The van der Waals surface area contributed by atoms with E-state index in [9.17, 15) is 14.0 Å². The molecule has 9 heteroatoms. The first-order chi connectivity index (χ1) is 12.5. The molecular weight excluding hydrogens is 347 g/mol. The molecule has 0 atom stereocenters. The van der Waals surface area contributed by atoms with Crippen LogP contribution in [0.5, 0.6) is 0 Å². The van der Waals surface area contributed by atoms with Gasteiger partial charge in [-0.3, -0.25) is 0 Å². The molecule has 26 heavy (non-hydrogen) atoms. The standard InChI is InChI=1S/C17H21FN2O6/c1-23-8-7-19-14-12(18)5-4-6-13(14)20-10-26-9-11(16(21)24-2)15(20)17(22)25-3/h4-6,19H,7-10H2,1-3H3. The molecule has 8 nitrogen and oxygen atoms in total. The third kappa shape index (κ3) is 4.12. The van der Waals surface area contributed by atoms with Gasteiger partial charge in [-0.05, 0) is 12.1 Å². The minimum atomic E-state index is -0.749. The predicted octanol–water partition coefficient (Wildman–Crippen LogP) is 1.28. The van der Waals surface area contributed by atoms with Gasteiger partial charge in [-0.1, -0.05) is 6.07 Å². The molecule has 0 spiro atoms. The summed E-state index contributed by atoms with van der Waals surface area (Å²) in [5, 5.41) is 2.93. The summed E-state index contributed by atoms with van der Waals surface area (Å²) in [4.78, 5) is 25.7. The average molecular weight is 368 g/mol. The number of benzene rings is 1. The van der Waals surface area contributed by atoms with Crippen LogP contribution in [0.15, 0.2) is 29.5 Å². The average Bonchev–Trinajstić information content (AvgIpc) is 2.67. The van der Waals surface area contributed by atoms with E-state index in [1.165, 1.54) is 38.4 Å². The summed E-state index contributed by atoms with van der Waals surface area (Å²) in [6.45, 7) is 0.528. The number of nitrogens with zero attached hydrogens (tertiary/aromatic N) is 1. The molecule has 1 aromatic rings. The highest BCUT2D eigenvalue weighted by atomic mass is 19.1. The van der Waals surface area contributed by atoms with Crippen LogP contribution in [0, 0.1) is 5.82 Å². The van der Waals surface area contributed by atoms with E-state index in [0.717, 1.165) is 0 Å². The molecule has 142 valence electrons. The fourth-order valence-corrected chi connectivity index (χ4v) is 2.52. The minimum Gasteiger partial charge on any atom is -0.466 e. The van der Waals surface area contributed by atoms with Crippen molar-refractivity contribution in [3.05, 3.63) is 35.3 Å². The lowest BCUT2D eigenvalue weighted by molar-refractivity contribution is -0.140. The first-order valence-corrected chi connectivity index (χ1v) is 7.81. The number of carbonyl (C=O) groups is 2. The molecule has 0 aromatic heterocycles. The molecule has 1 aromatic carbocycles. The van der Waals surface area contributed by atoms with Crippen molar-refractivity contribution >= 4 is 23.3 Å². The van der Waals surface area contributed by atoms with E-state index in [1.807, 2.05) is 0 Å². The Bertz CT molecular complexity index is 706. The maximum absolute atomic E-state index is 14.4. The second-order valence-electron chi connectivity index (χ2n) is 5.27. The van der Waals surface area contributed by atoms with Gasteiger partial charge in [0.05, 0.1) is 44.4 Å². The van der Waals surface area contributed by atoms with Gasteiger partial charge in [-0.15, -0.1) is 0 Å². The number of hydrogen-bond acceptors (Lipinski definition) is 8. The number of para-hydroxylation sites is 1. The second kappa shape index (κ2) is 9.16. The van der Waals surface area contributed by atoms with Gasteiger partial charge in [0.2, 0.25) is 0 Å². The van der Waals surface area contributed by atoms with Crippen molar-refractivity contribution in [2.75, 3.05) is 58.0 Å². The molecule has 0 amide bonds. The molecule has 0 saturated heterocycles. The first kappa shape index (κ1) is 19.7. The quantitative estimate of drug-likeness (QED) is 0.569. The van der Waals surface area contributed by atoms with Gasteiger partial charge in [0.1, 0.15) is 18.2 Å². The highest BCUT2D eigenvalue weighted by molar-refractivity contribution is 6.04. The fraction of sp³-hybridized carbons (Fsp3) is 0.412. The van der Waals surface area contributed by atoms with Crippen LogP contribution in [0.2, 0.25) is 0 Å². The van der Waals surface area contributed by atoms with Crippen LogP contribution < -0.4 is 10.2 Å². The van der Waals surface area contributed by atoms with Gasteiger partial charge in [0.15, 0.2) is 0 Å². The predicted molar refractivity (Wildman–Crippen MR) is 91.1 cm³/mol. The van der Waals surface area contributed by atoms with Crippen LogP contribution in [0.3, 0.4) is 0 Å². The van der Waals surface area contributed by atoms with Crippen LogP contribution in [0.4, 0.5) is 15.8 Å². The molecule has 2 rings (SSSR count). The summed E-state index contributed by atoms with van der Waals surface area (Å²) >= 11 is 0. The van der Waals surface area contributed by atoms with Crippen LogP contribution in [0.1, 0.15) is 0 Å². The third-order valence-electron chi connectivity index (χ3n) is 3.72. The van der Waals surface area contributed by atoms with E-state index < -0.39 is 17.8 Å². The third-order valence-corrected chi connectivity index (χ3v) is 3.72. The number of esters is 2. The lowest BCUT2D eigenvalue weighted by atomic mass is 10.1. The first-order valence-electron chi connectivity index (χ1n) is 7.81. The zero-order chi connectivity index (χ0) is 19.1. The Labute approximate surface area is 150 Å². The number of ether oxygens (including phenoxy) is 4. The number of halogens is 1. The van der Waals surface area contributed by atoms with Crippen molar-refractivity contribution in [1.82, 2.24) is 0 Å². The maximum atomic E-state index is 14.4. The van der Waals surface area contributed by atoms with Gasteiger partial charge < -0.3 is 29.2 Å². The Hall–Kier alpha value is -2.65. The number of rotatable bonds is 7. The molecule has 0 aliphatic carbocycles. The monoisotopic (exact) mass is 368 g/mol. The van der Waals surface area contributed by atoms with Gasteiger partial charge >= 0.3 is 11.9 Å². The SMILES string of the molecule is COCCNc1c(F)cccc1N1COCC(C(=O)OC)=C1C(=O)OC. The number of hydrogen-bond donors (Lipinski definition) is 1. The lowest BCUT2D eigenvalue weighted by Gasteiger charge is -2.32. The Morgan fingerprint density at radius 3 is 2.62 bits per heavy atom. The minimum absolute atomic E-state index is 0.00213. The summed E-state index contributed by atoms with van der Waals surface area (Å²) in [6, 6.07) is 4.38. The van der Waals surface area contributed by atoms with Gasteiger partial charge in [0.25, 0.3) is 0 Å². The molecule has 0 bridgehead atoms. The summed E-state index contributed by atoms with van der Waals surface area (Å²) in [5.41, 5.74) is 0.423. The molecule has 0 radical (unpaired) electrons. The van der Waals surface area contributed by atoms with Crippen LogP contribution in [0.25, 0.3) is 0 Å². The normalized spacial score (nSPS) is 14.2. The topological polar surface area (TPSA) is 86.3 Å². The zero-order valence-corrected chi connectivity index (χ0v) is 14.8. The van der Waals surface area contributed by atoms with E-state index in [-0.39, 0.29) is 30.3 Å². The fourth-order valence-electron chi connectivity index (χ4n) is 2.52. The van der Waals surface area contributed by atoms with E-state index in [0.29, 0.717) is 18.8 Å². The summed E-state index contributed by atoms with van der Waals surface area (Å²) in [6.07, 6.45) is 0. The number of carbonyl (C=O) groups excluding carboxylic acids is 2. The number of nitrogens with one attached hydrogen (secondary N) is 1. The van der Waals surface area contributed by atoms with Crippen LogP contribution in [-0.2, 0) is 28.5 Å². The highest BCUT2D eigenvalue weighted by Gasteiger charge is 2.33. The number of methoxy groups -OCH3 is 3. The smallest absolute Gasteiger partial charge is 0.355 e. The van der Waals surface area contributed by atoms with E-state index >= 15 is 0 Å². The zero-order valence-electron chi connectivity index (χ0n) is 14.8. The maximum Gasteiger partial charge on any atom is 0.355 e. The van der Waals surface area contributed by atoms with Crippen molar-refractivity contribution in [2.45, 2.75) is 0 Å². The van der Waals surface area contributed by atoms with E-state index in [1.54, 1.807) is 6.07 Å². The van der Waals surface area contributed by atoms with Crippen molar-refractivity contribution in [1.29, 1.82) is 0 Å². The summed E-state index contributed by atoms with van der Waals surface area (Å²) in [7, 11) is 3.92. The highest BCUT2D eigenvalue weighted by Crippen LogP contribution is 2.34. The summed E-state index contributed by atoms with van der Waals surface area (Å²) < 4.78 is 34.2. The Balaban J connectivity index is 2.53. The largest absolute Gasteiger partial charge is 0.466 e. The Morgan fingerprint density at radius 1 is 1.23 bits per heavy atom. The molecule has 0 unspecified atom stereocenters. The molecule has 0 saturated carbocycles. The van der Waals surface area contributed by atoms with E-state index in [2.05, 4.69) is 5.32 Å².